The third kappa shape index (κ3) is 3.54. The van der Waals surface area contributed by atoms with Gasteiger partial charge >= 0.3 is 0 Å². The number of rotatable bonds is 4. The molecule has 1 aromatic heterocycles. The quantitative estimate of drug-likeness (QED) is 0.758. The van der Waals surface area contributed by atoms with Gasteiger partial charge in [0.05, 0.1) is 0 Å². The molecule has 0 fully saturated rings. The third-order valence-electron chi connectivity index (χ3n) is 2.92. The predicted octanol–water partition coefficient (Wildman–Crippen LogP) is 2.79. The molecule has 0 saturated heterocycles. The first kappa shape index (κ1) is 11.3. The van der Waals surface area contributed by atoms with E-state index in [0.29, 0.717) is 11.3 Å². The van der Waals surface area contributed by atoms with E-state index in [1.165, 1.54) is 5.56 Å². The summed E-state index contributed by atoms with van der Waals surface area (Å²) in [7, 11) is 0. The van der Waals surface area contributed by atoms with Crippen LogP contribution in [-0.2, 0) is 6.54 Å². The number of hydrogen-bond acceptors (Lipinski definition) is 1. The topological polar surface area (TPSA) is 27.8 Å². The second-order valence-corrected chi connectivity index (χ2v) is 5.12. The van der Waals surface area contributed by atoms with Gasteiger partial charge in [0, 0.05) is 18.9 Å². The van der Waals surface area contributed by atoms with Gasteiger partial charge in [-0.1, -0.05) is 27.7 Å². The zero-order valence-corrected chi connectivity index (χ0v) is 9.72. The molecule has 0 aliphatic rings. The van der Waals surface area contributed by atoms with E-state index in [1.54, 1.807) is 0 Å². The Balaban J connectivity index is 2.22. The fourth-order valence-corrected chi connectivity index (χ4v) is 1.21. The van der Waals surface area contributed by atoms with Crippen LogP contribution in [0.3, 0.4) is 0 Å². The van der Waals surface area contributed by atoms with Gasteiger partial charge in [-0.05, 0) is 29.5 Å². The van der Waals surface area contributed by atoms with Crippen molar-refractivity contribution in [2.24, 2.45) is 11.3 Å². The van der Waals surface area contributed by atoms with Gasteiger partial charge < -0.3 is 10.3 Å². The molecule has 14 heavy (non-hydrogen) atoms. The van der Waals surface area contributed by atoms with Crippen molar-refractivity contribution in [1.29, 1.82) is 0 Å². The Morgan fingerprint density at radius 2 is 2.14 bits per heavy atom. The molecule has 0 spiro atoms. The first-order chi connectivity index (χ1) is 6.50. The van der Waals surface area contributed by atoms with Crippen LogP contribution in [0.25, 0.3) is 0 Å². The molecule has 2 N–H and O–H groups in total. The van der Waals surface area contributed by atoms with Gasteiger partial charge in [0.25, 0.3) is 0 Å². The van der Waals surface area contributed by atoms with Crippen molar-refractivity contribution in [1.82, 2.24) is 10.3 Å². The Hall–Kier alpha value is -0.760. The van der Waals surface area contributed by atoms with Gasteiger partial charge in [0.15, 0.2) is 0 Å². The van der Waals surface area contributed by atoms with Crippen LogP contribution >= 0.6 is 0 Å². The van der Waals surface area contributed by atoms with Crippen molar-refractivity contribution >= 4 is 0 Å². The lowest BCUT2D eigenvalue weighted by molar-refractivity contribution is 0.252. The van der Waals surface area contributed by atoms with E-state index in [2.05, 4.69) is 44.1 Å². The maximum absolute atomic E-state index is 3.47. The van der Waals surface area contributed by atoms with Gasteiger partial charge in [-0.25, -0.2) is 0 Å². The second kappa shape index (κ2) is 4.65. The highest BCUT2D eigenvalue weighted by Crippen LogP contribution is 2.24. The number of aromatic amines is 1. The van der Waals surface area contributed by atoms with Crippen molar-refractivity contribution in [3.8, 4) is 0 Å². The Kier molecular flexibility index (Phi) is 3.76. The molecule has 1 rings (SSSR count). The highest BCUT2D eigenvalue weighted by Gasteiger charge is 2.18. The first-order valence-corrected chi connectivity index (χ1v) is 5.32. The average molecular weight is 194 g/mol. The normalized spacial score (nSPS) is 14.3. The highest BCUT2D eigenvalue weighted by atomic mass is 14.9. The van der Waals surface area contributed by atoms with Gasteiger partial charge in [-0.3, -0.25) is 0 Å². The zero-order valence-electron chi connectivity index (χ0n) is 9.72. The summed E-state index contributed by atoms with van der Waals surface area (Å²) in [5.74, 6) is 0.696. The molecule has 0 saturated carbocycles. The van der Waals surface area contributed by atoms with Crippen molar-refractivity contribution in [3.05, 3.63) is 24.0 Å². The molecule has 0 radical (unpaired) electrons. The lowest BCUT2D eigenvalue weighted by Gasteiger charge is -2.27. The molecule has 0 aliphatic heterocycles. The summed E-state index contributed by atoms with van der Waals surface area (Å²) in [6, 6.07) is 2.11. The third-order valence-corrected chi connectivity index (χ3v) is 2.92. The first-order valence-electron chi connectivity index (χ1n) is 5.32. The minimum atomic E-state index is 0.394. The molecule has 1 atom stereocenters. The fraction of sp³-hybridized carbons (Fsp3) is 0.667. The van der Waals surface area contributed by atoms with Gasteiger partial charge in [-0.15, -0.1) is 0 Å². The molecule has 2 heteroatoms. The minimum absolute atomic E-state index is 0.394. The lowest BCUT2D eigenvalue weighted by atomic mass is 9.82. The summed E-state index contributed by atoms with van der Waals surface area (Å²) >= 11 is 0. The molecule has 0 amide bonds. The summed E-state index contributed by atoms with van der Waals surface area (Å²) in [4.78, 5) is 3.06. The van der Waals surface area contributed by atoms with Crippen molar-refractivity contribution in [2.45, 2.75) is 34.2 Å². The van der Waals surface area contributed by atoms with Crippen LogP contribution in [0, 0.1) is 11.3 Å². The van der Waals surface area contributed by atoms with E-state index in [4.69, 9.17) is 0 Å². The Bertz CT molecular complexity index is 244. The van der Waals surface area contributed by atoms with Crippen LogP contribution in [0.4, 0.5) is 0 Å². The van der Waals surface area contributed by atoms with Crippen molar-refractivity contribution in [3.63, 3.8) is 0 Å². The number of nitrogens with one attached hydrogen (secondary N) is 2. The number of aromatic nitrogens is 1. The van der Waals surface area contributed by atoms with Crippen LogP contribution in [0.2, 0.25) is 0 Å². The molecule has 1 aromatic rings. The summed E-state index contributed by atoms with van der Waals surface area (Å²) in [5.41, 5.74) is 1.72. The molecule has 80 valence electrons. The summed E-state index contributed by atoms with van der Waals surface area (Å²) in [5, 5.41) is 3.47. The Morgan fingerprint density at radius 3 is 2.64 bits per heavy atom. The van der Waals surface area contributed by atoms with Crippen LogP contribution in [-0.4, -0.2) is 11.5 Å². The van der Waals surface area contributed by atoms with Crippen LogP contribution < -0.4 is 5.32 Å². The van der Waals surface area contributed by atoms with E-state index in [-0.39, 0.29) is 0 Å². The molecule has 1 heterocycles. The van der Waals surface area contributed by atoms with E-state index in [9.17, 15) is 0 Å². The van der Waals surface area contributed by atoms with Gasteiger partial charge in [0.1, 0.15) is 0 Å². The Morgan fingerprint density at radius 1 is 1.43 bits per heavy atom. The molecule has 0 bridgehead atoms. The molecular formula is C12H22N2. The summed E-state index contributed by atoms with van der Waals surface area (Å²) in [6.07, 6.45) is 4.00. The maximum Gasteiger partial charge on any atom is 0.0220 e. The van der Waals surface area contributed by atoms with Crippen molar-refractivity contribution < 1.29 is 0 Å². The van der Waals surface area contributed by atoms with Crippen LogP contribution in [0.15, 0.2) is 18.5 Å². The van der Waals surface area contributed by atoms with Gasteiger partial charge in [0.2, 0.25) is 0 Å². The highest BCUT2D eigenvalue weighted by molar-refractivity contribution is 5.07. The van der Waals surface area contributed by atoms with E-state index in [0.717, 1.165) is 13.1 Å². The monoisotopic (exact) mass is 194 g/mol. The SMILES string of the molecule is CC(CNCc1cc[nH]c1)C(C)(C)C. The van der Waals surface area contributed by atoms with Gasteiger partial charge in [-0.2, -0.15) is 0 Å². The standard InChI is InChI=1S/C12H22N2/c1-10(12(2,3)4)7-14-9-11-5-6-13-8-11/h5-6,8,10,13-14H,7,9H2,1-4H3. The summed E-state index contributed by atoms with van der Waals surface area (Å²) < 4.78 is 0. The fourth-order valence-electron chi connectivity index (χ4n) is 1.21. The van der Waals surface area contributed by atoms with Crippen LogP contribution in [0.5, 0.6) is 0 Å². The Labute approximate surface area is 87.1 Å². The molecule has 1 unspecified atom stereocenters. The maximum atomic E-state index is 3.47. The second-order valence-electron chi connectivity index (χ2n) is 5.12. The van der Waals surface area contributed by atoms with E-state index >= 15 is 0 Å². The molecule has 0 aromatic carbocycles. The molecule has 2 nitrogen and oxygen atoms in total. The molecular weight excluding hydrogens is 172 g/mol. The largest absolute Gasteiger partial charge is 0.367 e. The lowest BCUT2D eigenvalue weighted by Crippen LogP contribution is -2.29. The van der Waals surface area contributed by atoms with Crippen molar-refractivity contribution in [2.75, 3.05) is 6.54 Å². The van der Waals surface area contributed by atoms with Crippen LogP contribution in [0.1, 0.15) is 33.3 Å². The average Bonchev–Trinajstić information content (AvgIpc) is 2.55. The predicted molar refractivity (Wildman–Crippen MR) is 61.1 cm³/mol. The molecule has 0 aliphatic carbocycles. The zero-order chi connectivity index (χ0) is 10.6. The minimum Gasteiger partial charge on any atom is -0.367 e. The van der Waals surface area contributed by atoms with E-state index < -0.39 is 0 Å². The smallest absolute Gasteiger partial charge is 0.0220 e. The van der Waals surface area contributed by atoms with E-state index in [1.807, 2.05) is 12.4 Å². The number of H-pyrrole nitrogens is 1. The summed E-state index contributed by atoms with van der Waals surface area (Å²) in [6.45, 7) is 11.2. The number of hydrogen-bond donors (Lipinski definition) is 2.